The van der Waals surface area contributed by atoms with Gasteiger partial charge in [0, 0.05) is 24.9 Å². The lowest BCUT2D eigenvalue weighted by atomic mass is 9.84. The van der Waals surface area contributed by atoms with Crippen LogP contribution in [0.2, 0.25) is 0 Å². The lowest BCUT2D eigenvalue weighted by molar-refractivity contribution is -0.139. The third kappa shape index (κ3) is 2.54. The molecule has 5 heteroatoms. The van der Waals surface area contributed by atoms with E-state index in [4.69, 9.17) is 4.98 Å². The van der Waals surface area contributed by atoms with Gasteiger partial charge in [0.2, 0.25) is 5.91 Å². The Kier molecular flexibility index (Phi) is 3.63. The van der Waals surface area contributed by atoms with E-state index in [1.54, 1.807) is 6.20 Å². The molecule has 2 aliphatic rings. The molecule has 120 valence electrons. The summed E-state index contributed by atoms with van der Waals surface area (Å²) in [7, 11) is 0. The van der Waals surface area contributed by atoms with Gasteiger partial charge in [0.1, 0.15) is 11.6 Å². The summed E-state index contributed by atoms with van der Waals surface area (Å²) in [6, 6.07) is 6.20. The lowest BCUT2D eigenvalue weighted by Crippen LogP contribution is -2.38. The minimum Gasteiger partial charge on any atom is -0.334 e. The Morgan fingerprint density at radius 3 is 2.78 bits per heavy atom. The number of nitrogens with zero attached hydrogens (tertiary/aromatic N) is 4. The molecule has 0 spiro atoms. The first-order chi connectivity index (χ1) is 11.2. The number of hydrogen-bond donors (Lipinski definition) is 0. The molecule has 2 aromatic heterocycles. The zero-order chi connectivity index (χ0) is 15.8. The fourth-order valence-electron chi connectivity index (χ4n) is 3.61. The van der Waals surface area contributed by atoms with E-state index in [9.17, 15) is 4.79 Å². The Balaban J connectivity index is 1.62. The molecule has 1 saturated carbocycles. The number of carbonyl (C=O) groups is 1. The van der Waals surface area contributed by atoms with Crippen LogP contribution in [0.1, 0.15) is 49.7 Å². The molecule has 3 heterocycles. The second-order valence-electron chi connectivity index (χ2n) is 6.58. The fourth-order valence-corrected chi connectivity index (χ4v) is 3.61. The van der Waals surface area contributed by atoms with E-state index in [2.05, 4.69) is 9.88 Å². The van der Waals surface area contributed by atoms with Crippen LogP contribution >= 0.6 is 0 Å². The molecule has 23 heavy (non-hydrogen) atoms. The highest BCUT2D eigenvalue weighted by molar-refractivity contribution is 5.80. The number of hydrogen-bond acceptors (Lipinski definition) is 3. The Bertz CT molecular complexity index is 719. The van der Waals surface area contributed by atoms with Crippen molar-refractivity contribution >= 4 is 5.91 Å². The van der Waals surface area contributed by atoms with Crippen LogP contribution in [0.25, 0.3) is 5.82 Å². The number of carbonyl (C=O) groups excluding carboxylic acids is 1. The minimum absolute atomic E-state index is 0.131. The standard InChI is InChI=1S/C18H22N4O/c1-13-19-10-12-21(13)17-9-3-7-15(20-17)16-8-4-11-22(16)18(23)14-5-2-6-14/h3,7,9-10,12,14,16H,2,4-6,8,11H2,1H3/t16-/m1/s1. The fraction of sp³-hybridized carbons (Fsp3) is 0.500. The number of aryl methyl sites for hydroxylation is 1. The summed E-state index contributed by atoms with van der Waals surface area (Å²) in [5, 5.41) is 0. The topological polar surface area (TPSA) is 51.0 Å². The summed E-state index contributed by atoms with van der Waals surface area (Å²) in [6.07, 6.45) is 9.10. The van der Waals surface area contributed by atoms with Gasteiger partial charge in [-0.25, -0.2) is 9.97 Å². The highest BCUT2D eigenvalue weighted by Gasteiger charge is 2.36. The number of pyridine rings is 1. The van der Waals surface area contributed by atoms with Crippen molar-refractivity contribution in [1.82, 2.24) is 19.4 Å². The highest BCUT2D eigenvalue weighted by atomic mass is 16.2. The summed E-state index contributed by atoms with van der Waals surface area (Å²) in [6.45, 7) is 2.84. The largest absolute Gasteiger partial charge is 0.334 e. The van der Waals surface area contributed by atoms with E-state index in [0.29, 0.717) is 5.91 Å². The van der Waals surface area contributed by atoms with Crippen molar-refractivity contribution in [3.63, 3.8) is 0 Å². The van der Waals surface area contributed by atoms with Crippen LogP contribution < -0.4 is 0 Å². The van der Waals surface area contributed by atoms with E-state index in [1.807, 2.05) is 35.9 Å². The normalized spacial score (nSPS) is 21.4. The second kappa shape index (κ2) is 5.80. The van der Waals surface area contributed by atoms with Gasteiger partial charge in [0.05, 0.1) is 11.7 Å². The first kappa shape index (κ1) is 14.4. The van der Waals surface area contributed by atoms with Crippen LogP contribution in [-0.2, 0) is 4.79 Å². The summed E-state index contributed by atoms with van der Waals surface area (Å²) in [5.74, 6) is 2.39. The molecule has 0 radical (unpaired) electrons. The van der Waals surface area contributed by atoms with E-state index in [1.165, 1.54) is 6.42 Å². The van der Waals surface area contributed by atoms with Gasteiger partial charge in [-0.3, -0.25) is 9.36 Å². The zero-order valence-corrected chi connectivity index (χ0v) is 13.5. The van der Waals surface area contributed by atoms with Crippen LogP contribution in [0.15, 0.2) is 30.6 Å². The van der Waals surface area contributed by atoms with Crippen molar-refractivity contribution in [1.29, 1.82) is 0 Å². The molecule has 5 nitrogen and oxygen atoms in total. The summed E-state index contributed by atoms with van der Waals surface area (Å²) in [4.78, 5) is 23.8. The summed E-state index contributed by atoms with van der Waals surface area (Å²) in [5.41, 5.74) is 1.00. The molecule has 0 unspecified atom stereocenters. The van der Waals surface area contributed by atoms with Crippen molar-refractivity contribution in [3.8, 4) is 5.82 Å². The molecule has 1 aliphatic carbocycles. The van der Waals surface area contributed by atoms with Crippen LogP contribution in [-0.4, -0.2) is 31.9 Å². The quantitative estimate of drug-likeness (QED) is 0.875. The summed E-state index contributed by atoms with van der Waals surface area (Å²) >= 11 is 0. The maximum absolute atomic E-state index is 12.7. The van der Waals surface area contributed by atoms with E-state index < -0.39 is 0 Å². The van der Waals surface area contributed by atoms with Crippen molar-refractivity contribution in [2.75, 3.05) is 6.54 Å². The van der Waals surface area contributed by atoms with Crippen molar-refractivity contribution in [2.45, 2.75) is 45.1 Å². The van der Waals surface area contributed by atoms with Gasteiger partial charge >= 0.3 is 0 Å². The molecule has 0 bridgehead atoms. The number of likely N-dealkylation sites (tertiary alicyclic amines) is 1. The molecule has 0 N–H and O–H groups in total. The number of rotatable bonds is 3. The number of aromatic nitrogens is 3. The molecule has 1 saturated heterocycles. The van der Waals surface area contributed by atoms with Gasteiger partial charge in [-0.15, -0.1) is 0 Å². The molecule has 0 aromatic carbocycles. The maximum Gasteiger partial charge on any atom is 0.226 e. The maximum atomic E-state index is 12.7. The first-order valence-corrected chi connectivity index (χ1v) is 8.52. The molecular weight excluding hydrogens is 288 g/mol. The van der Waals surface area contributed by atoms with Crippen LogP contribution in [0, 0.1) is 12.8 Å². The zero-order valence-electron chi connectivity index (χ0n) is 13.5. The Morgan fingerprint density at radius 2 is 2.09 bits per heavy atom. The molecule has 1 amide bonds. The van der Waals surface area contributed by atoms with E-state index >= 15 is 0 Å². The molecule has 2 fully saturated rings. The Morgan fingerprint density at radius 1 is 1.22 bits per heavy atom. The van der Waals surface area contributed by atoms with Gasteiger partial charge in [-0.2, -0.15) is 0 Å². The first-order valence-electron chi connectivity index (χ1n) is 8.52. The highest BCUT2D eigenvalue weighted by Crippen LogP contribution is 2.36. The van der Waals surface area contributed by atoms with Gasteiger partial charge in [-0.1, -0.05) is 12.5 Å². The van der Waals surface area contributed by atoms with Crippen LogP contribution in [0.3, 0.4) is 0 Å². The number of imidazole rings is 1. The Labute approximate surface area is 136 Å². The van der Waals surface area contributed by atoms with Crippen molar-refractivity contribution < 1.29 is 4.79 Å². The van der Waals surface area contributed by atoms with E-state index in [0.717, 1.165) is 49.6 Å². The van der Waals surface area contributed by atoms with E-state index in [-0.39, 0.29) is 12.0 Å². The molecule has 4 rings (SSSR count). The predicted molar refractivity (Wildman–Crippen MR) is 87.1 cm³/mol. The van der Waals surface area contributed by atoms with Gasteiger partial charge in [0.15, 0.2) is 0 Å². The van der Waals surface area contributed by atoms with Gasteiger partial charge in [0.25, 0.3) is 0 Å². The Hall–Kier alpha value is -2.17. The monoisotopic (exact) mass is 310 g/mol. The molecule has 2 aromatic rings. The third-order valence-electron chi connectivity index (χ3n) is 5.16. The van der Waals surface area contributed by atoms with Crippen LogP contribution in [0.4, 0.5) is 0 Å². The SMILES string of the molecule is Cc1nccn1-c1cccc([C@H]2CCCN2C(=O)C2CCC2)n1. The molecular formula is C18H22N4O. The minimum atomic E-state index is 0.131. The molecule has 1 aliphatic heterocycles. The van der Waals surface area contributed by atoms with Crippen LogP contribution in [0.5, 0.6) is 0 Å². The second-order valence-corrected chi connectivity index (χ2v) is 6.58. The van der Waals surface area contributed by atoms with Crippen molar-refractivity contribution in [2.24, 2.45) is 5.92 Å². The third-order valence-corrected chi connectivity index (χ3v) is 5.16. The van der Waals surface area contributed by atoms with Crippen molar-refractivity contribution in [3.05, 3.63) is 42.1 Å². The van der Waals surface area contributed by atoms with Gasteiger partial charge in [-0.05, 0) is 44.7 Å². The number of amides is 1. The van der Waals surface area contributed by atoms with Gasteiger partial charge < -0.3 is 4.90 Å². The predicted octanol–water partition coefficient (Wildman–Crippen LogP) is 3.04. The molecule has 1 atom stereocenters. The average molecular weight is 310 g/mol. The smallest absolute Gasteiger partial charge is 0.226 e. The summed E-state index contributed by atoms with van der Waals surface area (Å²) < 4.78 is 1.98. The lowest BCUT2D eigenvalue weighted by Gasteiger charge is -2.32. The average Bonchev–Trinajstić information content (AvgIpc) is 3.14.